The summed E-state index contributed by atoms with van der Waals surface area (Å²) in [7, 11) is 0. The summed E-state index contributed by atoms with van der Waals surface area (Å²) in [5.74, 6) is -23.5. The molecular weight excluding hydrogens is 298 g/mol. The summed E-state index contributed by atoms with van der Waals surface area (Å²) < 4.78 is 107. The first kappa shape index (κ1) is 14.9. The standard InChI is InChI=1S/C11H7F8N/c1-4-2-5-7(6(20)3-4)9(14,15)11(18,19)10(16,17)8(5,12)13/h2-3H,20H2,1H3. The third kappa shape index (κ3) is 1.38. The van der Waals surface area contributed by atoms with Crippen molar-refractivity contribution in [1.29, 1.82) is 0 Å². The predicted molar refractivity (Wildman–Crippen MR) is 53.3 cm³/mol. The van der Waals surface area contributed by atoms with Gasteiger partial charge in [-0.3, -0.25) is 0 Å². The molecule has 1 aromatic rings. The van der Waals surface area contributed by atoms with E-state index in [0.717, 1.165) is 13.0 Å². The summed E-state index contributed by atoms with van der Waals surface area (Å²) >= 11 is 0. The van der Waals surface area contributed by atoms with Gasteiger partial charge in [0, 0.05) is 11.3 Å². The number of hydrogen-bond acceptors (Lipinski definition) is 1. The van der Waals surface area contributed by atoms with Crippen LogP contribution in [0, 0.1) is 6.92 Å². The van der Waals surface area contributed by atoms with E-state index in [4.69, 9.17) is 5.73 Å². The number of rotatable bonds is 0. The van der Waals surface area contributed by atoms with Crippen LogP contribution in [0.15, 0.2) is 12.1 Å². The first-order valence-electron chi connectivity index (χ1n) is 5.21. The van der Waals surface area contributed by atoms with Gasteiger partial charge in [-0.2, -0.15) is 35.1 Å². The molecule has 2 N–H and O–H groups in total. The summed E-state index contributed by atoms with van der Waals surface area (Å²) in [6, 6.07) is 1.05. The van der Waals surface area contributed by atoms with Crippen LogP contribution in [0.1, 0.15) is 16.7 Å². The number of aryl methyl sites for hydroxylation is 1. The monoisotopic (exact) mass is 305 g/mol. The number of benzene rings is 1. The maximum absolute atomic E-state index is 13.6. The minimum Gasteiger partial charge on any atom is -0.398 e. The second-order valence-corrected chi connectivity index (χ2v) is 4.57. The molecule has 0 amide bonds. The van der Waals surface area contributed by atoms with Crippen molar-refractivity contribution in [3.8, 4) is 0 Å². The number of halogens is 8. The molecule has 1 nitrogen and oxygen atoms in total. The van der Waals surface area contributed by atoms with Gasteiger partial charge in [-0.1, -0.05) is 0 Å². The van der Waals surface area contributed by atoms with Gasteiger partial charge in [0.1, 0.15) is 0 Å². The normalized spacial score (nSPS) is 25.1. The molecular formula is C11H7F8N. The van der Waals surface area contributed by atoms with Crippen LogP contribution in [-0.4, -0.2) is 11.8 Å². The highest BCUT2D eigenvalue weighted by Crippen LogP contribution is 2.65. The van der Waals surface area contributed by atoms with Gasteiger partial charge in [-0.25, -0.2) is 0 Å². The van der Waals surface area contributed by atoms with E-state index in [-0.39, 0.29) is 5.56 Å². The van der Waals surface area contributed by atoms with E-state index in [1.807, 2.05) is 0 Å². The van der Waals surface area contributed by atoms with Crippen molar-refractivity contribution in [1.82, 2.24) is 0 Å². The van der Waals surface area contributed by atoms with Crippen molar-refractivity contribution in [2.45, 2.75) is 30.6 Å². The fourth-order valence-electron chi connectivity index (χ4n) is 2.13. The molecule has 0 aliphatic heterocycles. The zero-order chi connectivity index (χ0) is 15.7. The van der Waals surface area contributed by atoms with Crippen LogP contribution in [-0.2, 0) is 11.8 Å². The van der Waals surface area contributed by atoms with Crippen LogP contribution >= 0.6 is 0 Å². The number of fused-ring (bicyclic) bond motifs is 1. The first-order chi connectivity index (χ1) is 8.78. The van der Waals surface area contributed by atoms with Crippen LogP contribution in [0.25, 0.3) is 0 Å². The first-order valence-corrected chi connectivity index (χ1v) is 5.21. The Kier molecular flexibility index (Phi) is 2.64. The largest absolute Gasteiger partial charge is 0.398 e. The van der Waals surface area contributed by atoms with E-state index in [1.165, 1.54) is 0 Å². The van der Waals surface area contributed by atoms with Crippen LogP contribution in [0.4, 0.5) is 40.8 Å². The topological polar surface area (TPSA) is 26.0 Å². The van der Waals surface area contributed by atoms with Gasteiger partial charge in [0.15, 0.2) is 0 Å². The van der Waals surface area contributed by atoms with Crippen molar-refractivity contribution < 1.29 is 35.1 Å². The number of nitrogens with two attached hydrogens (primary N) is 1. The lowest BCUT2D eigenvalue weighted by atomic mass is 9.78. The second-order valence-electron chi connectivity index (χ2n) is 4.57. The van der Waals surface area contributed by atoms with Gasteiger partial charge in [0.25, 0.3) is 0 Å². The van der Waals surface area contributed by atoms with Crippen molar-refractivity contribution in [2.75, 3.05) is 5.73 Å². The zero-order valence-corrected chi connectivity index (χ0v) is 9.76. The Labute approximate surface area is 107 Å². The van der Waals surface area contributed by atoms with Gasteiger partial charge in [0.2, 0.25) is 0 Å². The number of anilines is 1. The molecule has 0 saturated heterocycles. The fourth-order valence-corrected chi connectivity index (χ4v) is 2.13. The molecule has 1 aromatic carbocycles. The number of alkyl halides is 8. The summed E-state index contributed by atoms with van der Waals surface area (Å²) in [6.07, 6.45) is 0. The van der Waals surface area contributed by atoms with Crippen molar-refractivity contribution in [3.63, 3.8) is 0 Å². The molecule has 0 unspecified atom stereocenters. The van der Waals surface area contributed by atoms with E-state index < -0.39 is 40.5 Å². The minimum absolute atomic E-state index is 0.127. The molecule has 1 aliphatic carbocycles. The Balaban J connectivity index is 2.96. The number of hydrogen-bond donors (Lipinski definition) is 1. The van der Waals surface area contributed by atoms with Crippen LogP contribution in [0.5, 0.6) is 0 Å². The molecule has 0 aromatic heterocycles. The summed E-state index contributed by atoms with van der Waals surface area (Å²) in [6.45, 7) is 1.13. The van der Waals surface area contributed by atoms with E-state index in [0.29, 0.717) is 6.07 Å². The summed E-state index contributed by atoms with van der Waals surface area (Å²) in [4.78, 5) is 0. The molecule has 112 valence electrons. The smallest absolute Gasteiger partial charge is 0.383 e. The van der Waals surface area contributed by atoms with Gasteiger partial charge < -0.3 is 5.73 Å². The van der Waals surface area contributed by atoms with Crippen LogP contribution in [0.3, 0.4) is 0 Å². The Bertz CT molecular complexity index is 578. The molecule has 0 saturated carbocycles. The lowest BCUT2D eigenvalue weighted by Crippen LogP contribution is -2.64. The Morgan fingerprint density at radius 1 is 0.800 bits per heavy atom. The molecule has 0 heterocycles. The average Bonchev–Trinajstić information content (AvgIpc) is 2.25. The highest BCUT2D eigenvalue weighted by molar-refractivity contribution is 5.60. The molecule has 0 radical (unpaired) electrons. The Morgan fingerprint density at radius 2 is 1.25 bits per heavy atom. The highest BCUT2D eigenvalue weighted by Gasteiger charge is 2.85. The SMILES string of the molecule is Cc1cc(N)c2c(c1)C(F)(F)C(F)(F)C(F)(F)C2(F)F. The fraction of sp³-hybridized carbons (Fsp3) is 0.455. The third-order valence-electron chi connectivity index (χ3n) is 3.15. The Hall–Kier alpha value is -1.54. The second kappa shape index (κ2) is 3.56. The predicted octanol–water partition coefficient (Wildman–Crippen LogP) is 4.05. The maximum atomic E-state index is 13.6. The van der Waals surface area contributed by atoms with Crippen LogP contribution < -0.4 is 5.73 Å². The molecule has 20 heavy (non-hydrogen) atoms. The van der Waals surface area contributed by atoms with Crippen molar-refractivity contribution in [2.24, 2.45) is 0 Å². The Morgan fingerprint density at radius 3 is 1.75 bits per heavy atom. The molecule has 2 rings (SSSR count). The zero-order valence-electron chi connectivity index (χ0n) is 9.76. The molecule has 1 aliphatic rings. The van der Waals surface area contributed by atoms with E-state index >= 15 is 0 Å². The minimum atomic E-state index is -6.26. The van der Waals surface area contributed by atoms with E-state index in [1.54, 1.807) is 0 Å². The van der Waals surface area contributed by atoms with Gasteiger partial charge in [0.05, 0.1) is 5.56 Å². The lowest BCUT2D eigenvalue weighted by Gasteiger charge is -2.43. The highest BCUT2D eigenvalue weighted by atomic mass is 19.4. The average molecular weight is 305 g/mol. The van der Waals surface area contributed by atoms with Crippen molar-refractivity contribution >= 4 is 5.69 Å². The lowest BCUT2D eigenvalue weighted by molar-refractivity contribution is -0.386. The quantitative estimate of drug-likeness (QED) is 0.568. The third-order valence-corrected chi connectivity index (χ3v) is 3.15. The molecule has 9 heteroatoms. The summed E-state index contributed by atoms with van der Waals surface area (Å²) in [5.41, 5.74) is 0.0131. The molecule has 0 spiro atoms. The van der Waals surface area contributed by atoms with E-state index in [2.05, 4.69) is 0 Å². The van der Waals surface area contributed by atoms with Gasteiger partial charge in [-0.15, -0.1) is 0 Å². The maximum Gasteiger partial charge on any atom is 0.383 e. The van der Waals surface area contributed by atoms with E-state index in [9.17, 15) is 35.1 Å². The summed E-state index contributed by atoms with van der Waals surface area (Å²) in [5, 5.41) is 0. The van der Waals surface area contributed by atoms with Crippen molar-refractivity contribution in [3.05, 3.63) is 28.8 Å². The van der Waals surface area contributed by atoms with Crippen LogP contribution in [0.2, 0.25) is 0 Å². The molecule has 0 atom stereocenters. The van der Waals surface area contributed by atoms with Gasteiger partial charge in [-0.05, 0) is 24.6 Å². The molecule has 0 bridgehead atoms. The van der Waals surface area contributed by atoms with Gasteiger partial charge >= 0.3 is 23.7 Å². The number of nitrogen functional groups attached to an aromatic ring is 1. The molecule has 0 fully saturated rings.